The van der Waals surface area contributed by atoms with Gasteiger partial charge in [-0.3, -0.25) is 14.4 Å². The molecule has 10 nitrogen and oxygen atoms in total. The molecule has 3 rings (SSSR count). The van der Waals surface area contributed by atoms with Crippen LogP contribution in [0.1, 0.15) is 153 Å². The first-order valence-corrected chi connectivity index (χ1v) is 25.3. The summed E-state index contributed by atoms with van der Waals surface area (Å²) in [6.07, 6.45) is 15.4. The first-order valence-electron chi connectivity index (χ1n) is 22.4. The summed E-state index contributed by atoms with van der Waals surface area (Å²) in [5.74, 6) is -0.138. The van der Waals surface area contributed by atoms with Gasteiger partial charge in [0.05, 0.1) is 49.0 Å². The van der Waals surface area contributed by atoms with Crippen molar-refractivity contribution in [2.45, 2.75) is 213 Å². The summed E-state index contributed by atoms with van der Waals surface area (Å²) in [7, 11) is -2.28. The Hall–Kier alpha value is -1.89. The standard InChI is InChI=1S/C46H82N2O8Si/c1-13-16-37(50)28-39-22-20-32(3)41(53-39)29-43(51)48-30-42(56-57(11,12)45(8,9)10)35(6)44(52)47-26-15-18-40-33(4)23-25-46(55-40)24-14-17-38(54-46)21-19-31(2)27-34(5)36(7)49/h13,16,27,31-33,35-36,38-42,49H,14-15,17-26,28-30H2,1-12H3,(H,47,52)(H,48,51)/b16-13+,34-27+/t31-,32-,33-,35+,36-,38-,39-,40+,41+,42-,46-/m0/s1. The van der Waals surface area contributed by atoms with Gasteiger partial charge in [-0.1, -0.05) is 60.6 Å². The monoisotopic (exact) mass is 819 g/mol. The van der Waals surface area contributed by atoms with Gasteiger partial charge in [0, 0.05) is 32.4 Å². The second-order valence-corrected chi connectivity index (χ2v) is 24.3. The van der Waals surface area contributed by atoms with Crippen LogP contribution in [0.25, 0.3) is 0 Å². The van der Waals surface area contributed by atoms with Crippen molar-refractivity contribution in [2.75, 3.05) is 13.1 Å². The number of allylic oxidation sites excluding steroid dienone is 3. The molecule has 0 radical (unpaired) electrons. The Balaban J connectivity index is 1.53. The Labute approximate surface area is 347 Å². The normalized spacial score (nSPS) is 29.8. The van der Waals surface area contributed by atoms with Gasteiger partial charge in [0.15, 0.2) is 19.9 Å². The molecule has 0 aromatic carbocycles. The van der Waals surface area contributed by atoms with E-state index in [2.05, 4.69) is 71.3 Å². The molecule has 3 aliphatic heterocycles. The number of amides is 2. The second-order valence-electron chi connectivity index (χ2n) is 19.5. The van der Waals surface area contributed by atoms with Crippen LogP contribution in [0.3, 0.4) is 0 Å². The van der Waals surface area contributed by atoms with Gasteiger partial charge in [0.2, 0.25) is 11.8 Å². The number of aliphatic hydroxyl groups excluding tert-OH is 1. The van der Waals surface area contributed by atoms with Gasteiger partial charge in [0.25, 0.3) is 0 Å². The van der Waals surface area contributed by atoms with E-state index in [1.54, 1.807) is 12.2 Å². The van der Waals surface area contributed by atoms with Crippen molar-refractivity contribution in [2.24, 2.45) is 23.7 Å². The topological polar surface area (TPSA) is 132 Å². The van der Waals surface area contributed by atoms with Crippen LogP contribution < -0.4 is 10.6 Å². The van der Waals surface area contributed by atoms with Crippen LogP contribution in [-0.2, 0) is 33.0 Å². The smallest absolute Gasteiger partial charge is 0.225 e. The summed E-state index contributed by atoms with van der Waals surface area (Å²) in [5, 5.41) is 16.1. The summed E-state index contributed by atoms with van der Waals surface area (Å²) in [4.78, 5) is 39.2. The van der Waals surface area contributed by atoms with Gasteiger partial charge in [-0.2, -0.15) is 0 Å². The van der Waals surface area contributed by atoms with E-state index in [0.717, 1.165) is 76.2 Å². The molecular formula is C46H82N2O8Si. The highest BCUT2D eigenvalue weighted by atomic mass is 28.4. The quantitative estimate of drug-likeness (QED) is 0.0481. The van der Waals surface area contributed by atoms with E-state index in [0.29, 0.717) is 24.8 Å². The van der Waals surface area contributed by atoms with Gasteiger partial charge in [-0.15, -0.1) is 0 Å². The van der Waals surface area contributed by atoms with E-state index in [-0.39, 0.29) is 65.9 Å². The Morgan fingerprint density at radius 3 is 2.30 bits per heavy atom. The van der Waals surface area contributed by atoms with Crippen LogP contribution in [0.15, 0.2) is 23.8 Å². The molecule has 0 aromatic rings. The number of hydrogen-bond acceptors (Lipinski definition) is 8. The lowest BCUT2D eigenvalue weighted by molar-refractivity contribution is -0.324. The van der Waals surface area contributed by atoms with E-state index in [9.17, 15) is 19.5 Å². The largest absolute Gasteiger partial charge is 0.411 e. The number of aliphatic hydroxyl groups is 1. The van der Waals surface area contributed by atoms with Crippen LogP contribution in [-0.4, -0.2) is 86.5 Å². The number of ether oxygens (including phenoxy) is 3. The van der Waals surface area contributed by atoms with Crippen molar-refractivity contribution in [1.29, 1.82) is 0 Å². The zero-order valence-corrected chi connectivity index (χ0v) is 38.9. The van der Waals surface area contributed by atoms with Crippen molar-refractivity contribution in [3.63, 3.8) is 0 Å². The molecule has 0 aromatic heterocycles. The summed E-state index contributed by atoms with van der Waals surface area (Å²) < 4.78 is 26.6. The van der Waals surface area contributed by atoms with Crippen molar-refractivity contribution in [1.82, 2.24) is 10.6 Å². The maximum absolute atomic E-state index is 13.7. The maximum atomic E-state index is 13.7. The lowest BCUT2D eigenvalue weighted by Gasteiger charge is -2.48. The van der Waals surface area contributed by atoms with E-state index in [1.165, 1.54) is 0 Å². The van der Waals surface area contributed by atoms with Crippen LogP contribution in [0.4, 0.5) is 0 Å². The predicted molar refractivity (Wildman–Crippen MR) is 231 cm³/mol. The Bertz CT molecular complexity index is 1340. The van der Waals surface area contributed by atoms with E-state index in [1.807, 2.05) is 27.7 Å². The fraction of sp³-hybridized carbons (Fsp3) is 0.848. The molecule has 2 amide bonds. The van der Waals surface area contributed by atoms with Gasteiger partial charge < -0.3 is 34.4 Å². The van der Waals surface area contributed by atoms with Gasteiger partial charge in [0.1, 0.15) is 0 Å². The molecule has 11 heteroatoms. The Kier molecular flexibility index (Phi) is 19.6. The SMILES string of the molecule is C/C=C/C(=O)C[C@@H]1CC[C@H](C)[C@@H](CC(=O)NC[C@H](O[Si](C)(C)C(C)(C)C)[C@@H](C)C(=O)NCCC[C@H]2O[C@@]3(CCC[C@@H](CC[C@H](C)/C=C(\C)[C@H](C)O)O3)CC[C@@H]2C)O1. The highest BCUT2D eigenvalue weighted by Gasteiger charge is 2.45. The van der Waals surface area contributed by atoms with Crippen LogP contribution in [0, 0.1) is 23.7 Å². The molecule has 0 aliphatic carbocycles. The van der Waals surface area contributed by atoms with Gasteiger partial charge in [-0.05, 0) is 126 Å². The predicted octanol–water partition coefficient (Wildman–Crippen LogP) is 8.96. The minimum atomic E-state index is -2.28. The Morgan fingerprint density at radius 1 is 0.930 bits per heavy atom. The van der Waals surface area contributed by atoms with E-state index >= 15 is 0 Å². The number of rotatable bonds is 20. The lowest BCUT2D eigenvalue weighted by atomic mass is 9.85. The summed E-state index contributed by atoms with van der Waals surface area (Å²) in [5.41, 5.74) is 1.02. The molecule has 3 saturated heterocycles. The lowest BCUT2D eigenvalue weighted by Crippen LogP contribution is -2.52. The van der Waals surface area contributed by atoms with Gasteiger partial charge in [-0.25, -0.2) is 0 Å². The number of nitrogens with one attached hydrogen (secondary N) is 2. The zero-order chi connectivity index (χ0) is 42.6. The zero-order valence-electron chi connectivity index (χ0n) is 37.9. The van der Waals surface area contributed by atoms with Crippen molar-refractivity contribution < 1.29 is 38.1 Å². The molecule has 0 unspecified atom stereocenters. The number of carbonyl (C=O) groups is 3. The molecule has 1 spiro atoms. The molecule has 328 valence electrons. The second kappa shape index (κ2) is 22.6. The van der Waals surface area contributed by atoms with Crippen LogP contribution in [0.5, 0.6) is 0 Å². The van der Waals surface area contributed by atoms with Crippen LogP contribution >= 0.6 is 0 Å². The third-order valence-corrected chi connectivity index (χ3v) is 17.9. The number of hydrogen-bond donors (Lipinski definition) is 3. The third-order valence-electron chi connectivity index (χ3n) is 13.4. The molecule has 3 fully saturated rings. The molecular weight excluding hydrogens is 737 g/mol. The van der Waals surface area contributed by atoms with E-state index in [4.69, 9.17) is 18.6 Å². The molecule has 3 N–H and O–H groups in total. The van der Waals surface area contributed by atoms with Crippen molar-refractivity contribution in [3.05, 3.63) is 23.8 Å². The molecule has 0 bridgehead atoms. The molecule has 3 aliphatic rings. The van der Waals surface area contributed by atoms with Gasteiger partial charge >= 0.3 is 0 Å². The van der Waals surface area contributed by atoms with Crippen LogP contribution in [0.2, 0.25) is 18.1 Å². The van der Waals surface area contributed by atoms with Crippen molar-refractivity contribution in [3.8, 4) is 0 Å². The fourth-order valence-electron chi connectivity index (χ4n) is 8.19. The minimum absolute atomic E-state index is 0.0432. The number of ketones is 1. The maximum Gasteiger partial charge on any atom is 0.225 e. The molecule has 0 saturated carbocycles. The third kappa shape index (κ3) is 15.9. The summed E-state index contributed by atoms with van der Waals surface area (Å²) in [6.45, 7) is 25.8. The highest BCUT2D eigenvalue weighted by molar-refractivity contribution is 6.74. The van der Waals surface area contributed by atoms with Crippen molar-refractivity contribution >= 4 is 25.9 Å². The summed E-state index contributed by atoms with van der Waals surface area (Å²) >= 11 is 0. The average molecular weight is 819 g/mol. The Morgan fingerprint density at radius 2 is 1.63 bits per heavy atom. The van der Waals surface area contributed by atoms with E-state index < -0.39 is 32.2 Å². The minimum Gasteiger partial charge on any atom is -0.411 e. The molecule has 57 heavy (non-hydrogen) atoms. The number of carbonyl (C=O) groups excluding carboxylic acids is 3. The first kappa shape index (κ1) is 49.5. The fourth-order valence-corrected chi connectivity index (χ4v) is 9.59. The molecule has 11 atom stereocenters. The highest BCUT2D eigenvalue weighted by Crippen LogP contribution is 2.43. The first-order chi connectivity index (χ1) is 26.6. The molecule has 3 heterocycles. The average Bonchev–Trinajstić information content (AvgIpc) is 3.13. The summed E-state index contributed by atoms with van der Waals surface area (Å²) in [6, 6.07) is 0.